The number of nitrogens with one attached hydrogen (secondary N) is 1. The van der Waals surface area contributed by atoms with Crippen LogP contribution in [0.5, 0.6) is 0 Å². The maximum atomic E-state index is 6.28. The van der Waals surface area contributed by atoms with Crippen molar-refractivity contribution in [1.29, 1.82) is 0 Å². The largest absolute Gasteiger partial charge is 0.317 e. The number of piperidine rings is 1. The van der Waals surface area contributed by atoms with Crippen molar-refractivity contribution < 1.29 is 0 Å². The second-order valence-corrected chi connectivity index (χ2v) is 6.71. The Hall–Kier alpha value is -0.280. The summed E-state index contributed by atoms with van der Waals surface area (Å²) in [5, 5.41) is 4.84. The first-order valence-corrected chi connectivity index (χ1v) is 7.80. The Kier molecular flexibility index (Phi) is 4.04. The van der Waals surface area contributed by atoms with Crippen LogP contribution >= 0.6 is 23.2 Å². The van der Waals surface area contributed by atoms with E-state index < -0.39 is 0 Å². The van der Waals surface area contributed by atoms with Crippen LogP contribution in [-0.4, -0.2) is 31.1 Å². The lowest BCUT2D eigenvalue weighted by atomic mass is 9.78. The Labute approximate surface area is 125 Å². The minimum atomic E-state index is 0.552. The highest BCUT2D eigenvalue weighted by molar-refractivity contribution is 6.42. The summed E-state index contributed by atoms with van der Waals surface area (Å²) in [6.07, 6.45) is 3.95. The lowest BCUT2D eigenvalue weighted by molar-refractivity contribution is 0.194. The molecule has 3 rings (SSSR count). The van der Waals surface area contributed by atoms with Crippen molar-refractivity contribution >= 4 is 23.2 Å². The molecule has 4 heteroatoms. The average Bonchev–Trinajstić information content (AvgIpc) is 2.79. The maximum Gasteiger partial charge on any atom is 0.0637 e. The number of likely N-dealkylation sites (tertiary alicyclic amines) is 1. The molecular formula is C15H20Cl2N2. The van der Waals surface area contributed by atoms with Crippen molar-refractivity contribution in [2.24, 2.45) is 5.41 Å². The molecule has 0 bridgehead atoms. The van der Waals surface area contributed by atoms with Crippen molar-refractivity contribution in [3.8, 4) is 0 Å². The van der Waals surface area contributed by atoms with E-state index in [1.165, 1.54) is 45.4 Å². The summed E-state index contributed by atoms with van der Waals surface area (Å²) in [4.78, 5) is 2.53. The van der Waals surface area contributed by atoms with Gasteiger partial charge in [0.15, 0.2) is 0 Å². The Bertz CT molecular complexity index is 455. The monoisotopic (exact) mass is 298 g/mol. The van der Waals surface area contributed by atoms with Gasteiger partial charge >= 0.3 is 0 Å². The molecule has 1 aromatic rings. The molecule has 0 amide bonds. The molecule has 1 N–H and O–H groups in total. The first-order valence-electron chi connectivity index (χ1n) is 7.05. The fraction of sp³-hybridized carbons (Fsp3) is 0.600. The van der Waals surface area contributed by atoms with E-state index in [0.717, 1.165) is 17.1 Å². The number of halogens is 2. The summed E-state index contributed by atoms with van der Waals surface area (Å²) in [6, 6.07) is 5.92. The highest BCUT2D eigenvalue weighted by Gasteiger charge is 2.38. The third kappa shape index (κ3) is 2.92. The highest BCUT2D eigenvalue weighted by Crippen LogP contribution is 2.39. The van der Waals surface area contributed by atoms with Crippen molar-refractivity contribution in [1.82, 2.24) is 10.2 Å². The molecule has 1 spiro atoms. The molecule has 0 radical (unpaired) electrons. The Morgan fingerprint density at radius 3 is 2.74 bits per heavy atom. The van der Waals surface area contributed by atoms with Crippen LogP contribution in [0.4, 0.5) is 0 Å². The third-order valence-corrected chi connectivity index (χ3v) is 5.47. The Morgan fingerprint density at radius 1 is 1.16 bits per heavy atom. The quantitative estimate of drug-likeness (QED) is 0.898. The third-order valence-electron chi connectivity index (χ3n) is 4.61. The molecule has 2 nitrogen and oxygen atoms in total. The average molecular weight is 299 g/mol. The van der Waals surface area contributed by atoms with Gasteiger partial charge in [-0.3, -0.25) is 4.90 Å². The minimum Gasteiger partial charge on any atom is -0.317 e. The van der Waals surface area contributed by atoms with Gasteiger partial charge in [-0.1, -0.05) is 35.3 Å². The van der Waals surface area contributed by atoms with Gasteiger partial charge in [-0.05, 0) is 55.9 Å². The van der Waals surface area contributed by atoms with Crippen LogP contribution in [0.2, 0.25) is 10.0 Å². The van der Waals surface area contributed by atoms with E-state index in [1.807, 2.05) is 12.1 Å². The molecule has 0 aliphatic carbocycles. The predicted molar refractivity (Wildman–Crippen MR) is 80.9 cm³/mol. The molecule has 19 heavy (non-hydrogen) atoms. The highest BCUT2D eigenvalue weighted by atomic mass is 35.5. The van der Waals surface area contributed by atoms with Gasteiger partial charge in [-0.2, -0.15) is 0 Å². The standard InChI is InChI=1S/C15H20Cl2N2/c16-13-3-1-2-12(14(13)17)10-19-9-6-15(11-19)4-7-18-8-5-15/h1-3,18H,4-11H2. The summed E-state index contributed by atoms with van der Waals surface area (Å²) >= 11 is 12.4. The van der Waals surface area contributed by atoms with Gasteiger partial charge in [-0.15, -0.1) is 0 Å². The van der Waals surface area contributed by atoms with E-state index in [9.17, 15) is 0 Å². The summed E-state index contributed by atoms with van der Waals surface area (Å²) < 4.78 is 0. The normalized spacial score (nSPS) is 23.1. The number of nitrogens with zero attached hydrogens (tertiary/aromatic N) is 1. The van der Waals surface area contributed by atoms with Gasteiger partial charge in [0, 0.05) is 13.1 Å². The fourth-order valence-corrected chi connectivity index (χ4v) is 3.82. The molecule has 0 atom stereocenters. The van der Waals surface area contributed by atoms with Crippen LogP contribution in [0.25, 0.3) is 0 Å². The fourth-order valence-electron chi connectivity index (χ4n) is 3.44. The first kappa shape index (κ1) is 13.7. The number of hydrogen-bond acceptors (Lipinski definition) is 2. The van der Waals surface area contributed by atoms with Crippen molar-refractivity contribution in [2.75, 3.05) is 26.2 Å². The molecule has 2 aliphatic heterocycles. The van der Waals surface area contributed by atoms with E-state index in [4.69, 9.17) is 23.2 Å². The maximum absolute atomic E-state index is 6.28. The zero-order valence-corrected chi connectivity index (χ0v) is 12.6. The molecule has 0 unspecified atom stereocenters. The van der Waals surface area contributed by atoms with Gasteiger partial charge < -0.3 is 5.32 Å². The molecule has 2 saturated heterocycles. The van der Waals surface area contributed by atoms with Crippen molar-refractivity contribution in [3.63, 3.8) is 0 Å². The first-order chi connectivity index (χ1) is 9.19. The number of rotatable bonds is 2. The van der Waals surface area contributed by atoms with Crippen molar-refractivity contribution in [2.45, 2.75) is 25.8 Å². The lowest BCUT2D eigenvalue weighted by Crippen LogP contribution is -2.38. The van der Waals surface area contributed by atoms with Crippen LogP contribution < -0.4 is 5.32 Å². The summed E-state index contributed by atoms with van der Waals surface area (Å²) in [5.74, 6) is 0. The van der Waals surface area contributed by atoms with Gasteiger partial charge in [0.25, 0.3) is 0 Å². The molecular weight excluding hydrogens is 279 g/mol. The van der Waals surface area contributed by atoms with Crippen LogP contribution in [0.3, 0.4) is 0 Å². The SMILES string of the molecule is Clc1cccc(CN2CCC3(CCNCC3)C2)c1Cl. The predicted octanol–water partition coefficient (Wildman–Crippen LogP) is 3.57. The van der Waals surface area contributed by atoms with E-state index in [0.29, 0.717) is 10.4 Å². The summed E-state index contributed by atoms with van der Waals surface area (Å²) in [7, 11) is 0. The molecule has 104 valence electrons. The van der Waals surface area contributed by atoms with E-state index >= 15 is 0 Å². The second-order valence-electron chi connectivity index (χ2n) is 5.92. The van der Waals surface area contributed by atoms with E-state index in [-0.39, 0.29) is 0 Å². The zero-order chi connectivity index (χ0) is 13.3. The number of hydrogen-bond donors (Lipinski definition) is 1. The molecule has 0 saturated carbocycles. The van der Waals surface area contributed by atoms with E-state index in [1.54, 1.807) is 0 Å². The van der Waals surface area contributed by atoms with Crippen LogP contribution in [0.1, 0.15) is 24.8 Å². The zero-order valence-electron chi connectivity index (χ0n) is 11.1. The second kappa shape index (κ2) is 5.61. The minimum absolute atomic E-state index is 0.552. The van der Waals surface area contributed by atoms with Crippen LogP contribution in [0.15, 0.2) is 18.2 Å². The Morgan fingerprint density at radius 2 is 1.95 bits per heavy atom. The molecule has 0 aromatic heterocycles. The summed E-state index contributed by atoms with van der Waals surface area (Å²) in [5.41, 5.74) is 1.70. The van der Waals surface area contributed by atoms with Crippen molar-refractivity contribution in [3.05, 3.63) is 33.8 Å². The topological polar surface area (TPSA) is 15.3 Å². The number of benzene rings is 1. The van der Waals surface area contributed by atoms with Gasteiger partial charge in [-0.25, -0.2) is 0 Å². The summed E-state index contributed by atoms with van der Waals surface area (Å²) in [6.45, 7) is 5.66. The molecule has 2 heterocycles. The van der Waals surface area contributed by atoms with Gasteiger partial charge in [0.2, 0.25) is 0 Å². The molecule has 1 aromatic carbocycles. The van der Waals surface area contributed by atoms with E-state index in [2.05, 4.69) is 16.3 Å². The van der Waals surface area contributed by atoms with Gasteiger partial charge in [0.1, 0.15) is 0 Å². The Balaban J connectivity index is 1.67. The lowest BCUT2D eigenvalue weighted by Gasteiger charge is -2.34. The van der Waals surface area contributed by atoms with Crippen LogP contribution in [0, 0.1) is 5.41 Å². The molecule has 2 aliphatic rings. The smallest absolute Gasteiger partial charge is 0.0637 e. The van der Waals surface area contributed by atoms with Crippen LogP contribution in [-0.2, 0) is 6.54 Å². The van der Waals surface area contributed by atoms with Gasteiger partial charge in [0.05, 0.1) is 10.0 Å². The molecule has 2 fully saturated rings.